The Hall–Kier alpha value is -3.59. The number of nitrogens with one attached hydrogen (secondary N) is 1. The van der Waals surface area contributed by atoms with Gasteiger partial charge < -0.3 is 9.88 Å². The zero-order valence-corrected chi connectivity index (χ0v) is 19.6. The molecule has 34 heavy (non-hydrogen) atoms. The maximum Gasteiger partial charge on any atom is 0.333 e. The molecular formula is C25H25N5O3S. The minimum absolute atomic E-state index is 0.142. The average Bonchev–Trinajstić information content (AvgIpc) is 3.30. The van der Waals surface area contributed by atoms with Crippen molar-refractivity contribution in [2.45, 2.75) is 43.9 Å². The summed E-state index contributed by atoms with van der Waals surface area (Å²) in [6.45, 7) is 2.34. The van der Waals surface area contributed by atoms with Crippen LogP contribution in [-0.4, -0.2) is 30.3 Å². The number of benzene rings is 2. The van der Waals surface area contributed by atoms with Crippen LogP contribution in [0.25, 0.3) is 11.2 Å². The average molecular weight is 476 g/mol. The van der Waals surface area contributed by atoms with E-state index in [1.54, 1.807) is 22.7 Å². The third kappa shape index (κ3) is 4.07. The molecule has 2 aromatic carbocycles. The monoisotopic (exact) mass is 475 g/mol. The van der Waals surface area contributed by atoms with E-state index in [9.17, 15) is 14.4 Å². The van der Waals surface area contributed by atoms with Crippen molar-refractivity contribution in [1.82, 2.24) is 24.0 Å². The van der Waals surface area contributed by atoms with Crippen molar-refractivity contribution < 1.29 is 4.79 Å². The third-order valence-electron chi connectivity index (χ3n) is 6.10. The molecule has 174 valence electrons. The molecule has 0 saturated heterocycles. The summed E-state index contributed by atoms with van der Waals surface area (Å²) in [5, 5.41) is 3.04. The number of imidazole rings is 1. The predicted octanol–water partition coefficient (Wildman–Crippen LogP) is 2.78. The molecule has 0 spiro atoms. The maximum atomic E-state index is 13.4. The van der Waals surface area contributed by atoms with Crippen molar-refractivity contribution in [3.63, 3.8) is 0 Å². The molecule has 2 aromatic heterocycles. The number of thioether (sulfide) groups is 1. The largest absolute Gasteiger partial charge is 0.348 e. The van der Waals surface area contributed by atoms with Gasteiger partial charge in [-0.15, -0.1) is 11.8 Å². The van der Waals surface area contributed by atoms with Gasteiger partial charge in [-0.25, -0.2) is 14.3 Å². The van der Waals surface area contributed by atoms with E-state index < -0.39 is 11.2 Å². The third-order valence-corrected chi connectivity index (χ3v) is 7.23. The van der Waals surface area contributed by atoms with E-state index in [1.165, 1.54) is 4.57 Å². The number of rotatable bonds is 6. The molecule has 1 N–H and O–H groups in total. The van der Waals surface area contributed by atoms with Crippen LogP contribution in [-0.2, 0) is 24.4 Å². The number of carbonyl (C=O) groups excluding carboxylic acids is 1. The van der Waals surface area contributed by atoms with Crippen molar-refractivity contribution in [2.75, 3.05) is 5.75 Å². The Morgan fingerprint density at radius 1 is 1.09 bits per heavy atom. The first-order valence-electron chi connectivity index (χ1n) is 11.3. The lowest BCUT2D eigenvalue weighted by Gasteiger charge is -2.26. The Morgan fingerprint density at radius 2 is 1.85 bits per heavy atom. The van der Waals surface area contributed by atoms with Gasteiger partial charge in [0.15, 0.2) is 11.2 Å². The van der Waals surface area contributed by atoms with Gasteiger partial charge in [0, 0.05) is 17.2 Å². The van der Waals surface area contributed by atoms with Crippen molar-refractivity contribution >= 4 is 28.8 Å². The number of hydrogen-bond donors (Lipinski definition) is 1. The molecule has 9 heteroatoms. The number of carbonyl (C=O) groups is 1. The minimum atomic E-state index is -0.544. The molecule has 3 heterocycles. The Bertz CT molecular complexity index is 1470. The fraction of sp³-hybridized carbons (Fsp3) is 0.280. The lowest BCUT2D eigenvalue weighted by Crippen LogP contribution is -2.45. The van der Waals surface area contributed by atoms with E-state index in [0.29, 0.717) is 17.7 Å². The number of amides is 1. The van der Waals surface area contributed by atoms with E-state index >= 15 is 0 Å². The van der Waals surface area contributed by atoms with Gasteiger partial charge in [-0.2, -0.15) is 0 Å². The molecule has 5 rings (SSSR count). The molecule has 4 aromatic rings. The highest BCUT2D eigenvalue weighted by atomic mass is 32.2. The van der Waals surface area contributed by atoms with Gasteiger partial charge >= 0.3 is 5.69 Å². The van der Waals surface area contributed by atoms with Crippen LogP contribution < -0.4 is 16.6 Å². The molecule has 1 aliphatic heterocycles. The summed E-state index contributed by atoms with van der Waals surface area (Å²) in [6.07, 6.45) is 2.36. The van der Waals surface area contributed by atoms with Crippen LogP contribution in [0.5, 0.6) is 0 Å². The van der Waals surface area contributed by atoms with Crippen LogP contribution in [0.15, 0.2) is 75.4 Å². The number of hydrogen-bond acceptors (Lipinski definition) is 5. The Labute approximate surface area is 200 Å². The number of nitrogens with zero attached hydrogens (tertiary/aromatic N) is 4. The quantitative estimate of drug-likeness (QED) is 0.463. The molecule has 1 unspecified atom stereocenters. The second-order valence-corrected chi connectivity index (χ2v) is 9.38. The summed E-state index contributed by atoms with van der Waals surface area (Å²) in [4.78, 5) is 45.3. The lowest BCUT2D eigenvalue weighted by atomic mass is 10.0. The molecule has 0 saturated carbocycles. The smallest absolute Gasteiger partial charge is 0.333 e. The lowest BCUT2D eigenvalue weighted by molar-refractivity contribution is -0.122. The van der Waals surface area contributed by atoms with Crippen LogP contribution >= 0.6 is 11.8 Å². The number of fused-ring (bicyclic) bond motifs is 2. The van der Waals surface area contributed by atoms with Gasteiger partial charge in [-0.1, -0.05) is 48.5 Å². The second kappa shape index (κ2) is 9.34. The normalized spacial score (nSPS) is 15.3. The Balaban J connectivity index is 1.51. The van der Waals surface area contributed by atoms with E-state index in [2.05, 4.69) is 10.3 Å². The summed E-state index contributed by atoms with van der Waals surface area (Å²) in [5.74, 6) is 0.534. The number of aromatic nitrogens is 4. The fourth-order valence-electron chi connectivity index (χ4n) is 4.40. The van der Waals surface area contributed by atoms with Crippen molar-refractivity contribution in [3.8, 4) is 0 Å². The van der Waals surface area contributed by atoms with E-state index in [0.717, 1.165) is 32.8 Å². The number of aryl methyl sites for hydroxylation is 1. The van der Waals surface area contributed by atoms with E-state index in [-0.39, 0.29) is 25.0 Å². The summed E-state index contributed by atoms with van der Waals surface area (Å²) in [6, 6.07) is 17.4. The highest BCUT2D eigenvalue weighted by molar-refractivity contribution is 7.99. The molecule has 0 radical (unpaired) electrons. The van der Waals surface area contributed by atoms with Crippen LogP contribution in [0.3, 0.4) is 0 Å². The van der Waals surface area contributed by atoms with Crippen molar-refractivity contribution in [2.24, 2.45) is 0 Å². The van der Waals surface area contributed by atoms with Crippen LogP contribution in [0.1, 0.15) is 30.5 Å². The molecule has 0 bridgehead atoms. The molecule has 8 nitrogen and oxygen atoms in total. The molecule has 1 amide bonds. The molecule has 1 aliphatic rings. The first kappa shape index (κ1) is 22.2. The van der Waals surface area contributed by atoms with E-state index in [4.69, 9.17) is 0 Å². The first-order valence-corrected chi connectivity index (χ1v) is 12.3. The summed E-state index contributed by atoms with van der Waals surface area (Å²) in [7, 11) is 0. The molecule has 0 fully saturated rings. The highest BCUT2D eigenvalue weighted by Crippen LogP contribution is 2.35. The molecular weight excluding hydrogens is 450 g/mol. The minimum Gasteiger partial charge on any atom is -0.348 e. The van der Waals surface area contributed by atoms with Gasteiger partial charge in [0.05, 0.1) is 18.9 Å². The van der Waals surface area contributed by atoms with Crippen LogP contribution in [0.2, 0.25) is 0 Å². The van der Waals surface area contributed by atoms with Crippen molar-refractivity contribution in [1.29, 1.82) is 0 Å². The van der Waals surface area contributed by atoms with Gasteiger partial charge in [-0.3, -0.25) is 14.2 Å². The standard InChI is InChI=1S/C25H25N5O3S/c1-2-28-16-26-23-22(28)24(32)30(25(33)29(23)14-17-8-4-3-5-9-17)15-21(31)27-19-12-13-34-20-11-7-6-10-18(19)20/h3-11,16,19H,2,12-15H2,1H3,(H,27,31). The Morgan fingerprint density at radius 3 is 2.65 bits per heavy atom. The summed E-state index contributed by atoms with van der Waals surface area (Å²) < 4.78 is 4.21. The predicted molar refractivity (Wildman–Crippen MR) is 132 cm³/mol. The highest BCUT2D eigenvalue weighted by Gasteiger charge is 2.24. The molecule has 1 atom stereocenters. The zero-order chi connectivity index (χ0) is 23.7. The van der Waals surface area contributed by atoms with Crippen LogP contribution in [0, 0.1) is 0 Å². The van der Waals surface area contributed by atoms with Crippen LogP contribution in [0.4, 0.5) is 0 Å². The van der Waals surface area contributed by atoms with E-state index in [1.807, 2.05) is 61.5 Å². The molecule has 0 aliphatic carbocycles. The van der Waals surface area contributed by atoms with Crippen molar-refractivity contribution in [3.05, 3.63) is 92.9 Å². The SMILES string of the molecule is CCn1cnc2c1c(=O)n(CC(=O)NC1CCSc3ccccc31)c(=O)n2Cc1ccccc1. The second-order valence-electron chi connectivity index (χ2n) is 8.24. The van der Waals surface area contributed by atoms with Gasteiger partial charge in [0.2, 0.25) is 5.91 Å². The van der Waals surface area contributed by atoms with Gasteiger partial charge in [0.25, 0.3) is 5.56 Å². The topological polar surface area (TPSA) is 90.9 Å². The summed E-state index contributed by atoms with van der Waals surface area (Å²) >= 11 is 1.77. The Kier molecular flexibility index (Phi) is 6.10. The fourth-order valence-corrected chi connectivity index (χ4v) is 5.53. The van der Waals surface area contributed by atoms with Gasteiger partial charge in [-0.05, 0) is 30.5 Å². The first-order chi connectivity index (χ1) is 16.6. The zero-order valence-electron chi connectivity index (χ0n) is 18.8. The summed E-state index contributed by atoms with van der Waals surface area (Å²) in [5.41, 5.74) is 1.58. The van der Waals surface area contributed by atoms with Gasteiger partial charge in [0.1, 0.15) is 6.54 Å². The maximum absolute atomic E-state index is 13.4.